The second-order valence-corrected chi connectivity index (χ2v) is 5.66. The summed E-state index contributed by atoms with van der Waals surface area (Å²) in [7, 11) is 0. The number of amides is 3. The van der Waals surface area contributed by atoms with Gasteiger partial charge in [-0.25, -0.2) is 4.79 Å². The molecule has 90 valence electrons. The van der Waals surface area contributed by atoms with Crippen LogP contribution in [0, 0.1) is 5.92 Å². The molecule has 3 amide bonds. The van der Waals surface area contributed by atoms with Crippen LogP contribution in [-0.2, 0) is 4.79 Å². The number of rotatable bonds is 3. The Labute approximate surface area is 100 Å². The zero-order valence-corrected chi connectivity index (χ0v) is 10.5. The van der Waals surface area contributed by atoms with Crippen molar-refractivity contribution >= 4 is 23.7 Å². The Hall–Kier alpha value is -0.710. The van der Waals surface area contributed by atoms with Crippen LogP contribution in [0.3, 0.4) is 0 Å². The van der Waals surface area contributed by atoms with Crippen molar-refractivity contribution in [3.8, 4) is 0 Å². The Morgan fingerprint density at radius 1 is 1.44 bits per heavy atom. The summed E-state index contributed by atoms with van der Waals surface area (Å²) in [6, 6.07) is -0.377. The lowest BCUT2D eigenvalue weighted by Crippen LogP contribution is -2.44. The lowest BCUT2D eigenvalue weighted by Gasteiger charge is -2.23. The standard InChI is InChI=1S/C11H18N2O2S/c1-3-4-8-10(14)13(11(15)12-8)9-6-16-5-7(9)2/h7-9H,3-6H2,1-2H3,(H,12,15)/t7-,8+,9-/m1/s1. The first-order valence-corrected chi connectivity index (χ1v) is 7.02. The monoisotopic (exact) mass is 242 g/mol. The topological polar surface area (TPSA) is 49.4 Å². The summed E-state index contributed by atoms with van der Waals surface area (Å²) in [6.07, 6.45) is 1.66. The molecule has 5 heteroatoms. The lowest BCUT2D eigenvalue weighted by atomic mass is 10.0. The van der Waals surface area contributed by atoms with Gasteiger partial charge in [-0.2, -0.15) is 11.8 Å². The molecule has 2 aliphatic heterocycles. The molecule has 0 bridgehead atoms. The van der Waals surface area contributed by atoms with Gasteiger partial charge in [0.25, 0.3) is 5.91 Å². The van der Waals surface area contributed by atoms with E-state index in [1.165, 1.54) is 4.90 Å². The maximum Gasteiger partial charge on any atom is 0.325 e. The maximum absolute atomic E-state index is 12.1. The van der Waals surface area contributed by atoms with Crippen molar-refractivity contribution in [2.24, 2.45) is 5.92 Å². The molecule has 0 saturated carbocycles. The fourth-order valence-electron chi connectivity index (χ4n) is 2.33. The number of hydrogen-bond donors (Lipinski definition) is 1. The summed E-state index contributed by atoms with van der Waals surface area (Å²) in [5, 5.41) is 2.78. The SMILES string of the molecule is CCC[C@@H]1NC(=O)N([C@@H]2CSC[C@H]2C)C1=O. The van der Waals surface area contributed by atoms with Crippen LogP contribution >= 0.6 is 11.8 Å². The van der Waals surface area contributed by atoms with E-state index in [0.717, 1.165) is 24.3 Å². The molecular formula is C11H18N2O2S. The van der Waals surface area contributed by atoms with E-state index in [0.29, 0.717) is 5.92 Å². The zero-order valence-electron chi connectivity index (χ0n) is 9.73. The molecule has 4 nitrogen and oxygen atoms in total. The molecule has 2 fully saturated rings. The highest BCUT2D eigenvalue weighted by molar-refractivity contribution is 7.99. The van der Waals surface area contributed by atoms with Gasteiger partial charge < -0.3 is 5.32 Å². The third kappa shape index (κ3) is 1.93. The third-order valence-corrected chi connectivity index (χ3v) is 4.63. The molecule has 0 unspecified atom stereocenters. The minimum absolute atomic E-state index is 0.0220. The predicted octanol–water partition coefficient (Wildman–Crippen LogP) is 1.46. The zero-order chi connectivity index (χ0) is 11.7. The molecule has 1 N–H and O–H groups in total. The molecule has 0 aromatic heterocycles. The van der Waals surface area contributed by atoms with Gasteiger partial charge in [-0.1, -0.05) is 20.3 Å². The maximum atomic E-state index is 12.1. The number of nitrogens with one attached hydrogen (secondary N) is 1. The summed E-state index contributed by atoms with van der Waals surface area (Å²) < 4.78 is 0. The van der Waals surface area contributed by atoms with Gasteiger partial charge in [0.1, 0.15) is 6.04 Å². The summed E-state index contributed by atoms with van der Waals surface area (Å²) in [4.78, 5) is 25.3. The minimum Gasteiger partial charge on any atom is -0.326 e. The average Bonchev–Trinajstić information content (AvgIpc) is 2.74. The first-order valence-electron chi connectivity index (χ1n) is 5.86. The van der Waals surface area contributed by atoms with Crippen LogP contribution in [0.2, 0.25) is 0 Å². The number of imide groups is 1. The Bertz CT molecular complexity index is 308. The molecule has 2 aliphatic rings. The van der Waals surface area contributed by atoms with Crippen molar-refractivity contribution in [1.29, 1.82) is 0 Å². The molecule has 0 radical (unpaired) electrons. The molecule has 0 spiro atoms. The molecule has 2 heterocycles. The first-order chi connectivity index (χ1) is 7.65. The van der Waals surface area contributed by atoms with Gasteiger partial charge in [0.05, 0.1) is 6.04 Å². The highest BCUT2D eigenvalue weighted by Crippen LogP contribution is 2.30. The first kappa shape index (κ1) is 11.8. The van der Waals surface area contributed by atoms with Crippen molar-refractivity contribution < 1.29 is 9.59 Å². The second-order valence-electron chi connectivity index (χ2n) is 4.58. The van der Waals surface area contributed by atoms with E-state index >= 15 is 0 Å². The molecular weight excluding hydrogens is 224 g/mol. The van der Waals surface area contributed by atoms with Crippen LogP contribution in [0.25, 0.3) is 0 Å². The summed E-state index contributed by atoms with van der Waals surface area (Å²) in [5.74, 6) is 2.32. The Morgan fingerprint density at radius 2 is 2.19 bits per heavy atom. The Kier molecular flexibility index (Phi) is 3.42. The number of nitrogens with zero attached hydrogens (tertiary/aromatic N) is 1. The number of carbonyl (C=O) groups excluding carboxylic acids is 2. The van der Waals surface area contributed by atoms with E-state index in [1.54, 1.807) is 0 Å². The highest BCUT2D eigenvalue weighted by Gasteiger charge is 2.44. The van der Waals surface area contributed by atoms with E-state index in [2.05, 4.69) is 12.2 Å². The number of thioether (sulfide) groups is 1. The van der Waals surface area contributed by atoms with E-state index in [-0.39, 0.29) is 24.0 Å². The fourth-order valence-corrected chi connectivity index (χ4v) is 3.77. The largest absolute Gasteiger partial charge is 0.326 e. The van der Waals surface area contributed by atoms with Gasteiger partial charge in [0.2, 0.25) is 0 Å². The molecule has 0 aromatic carbocycles. The van der Waals surface area contributed by atoms with Gasteiger partial charge >= 0.3 is 6.03 Å². The van der Waals surface area contributed by atoms with E-state index in [4.69, 9.17) is 0 Å². The third-order valence-electron chi connectivity index (χ3n) is 3.29. The summed E-state index contributed by atoms with van der Waals surface area (Å²) in [5.41, 5.74) is 0. The van der Waals surface area contributed by atoms with Crippen LogP contribution in [0.5, 0.6) is 0 Å². The molecule has 0 aliphatic carbocycles. The van der Waals surface area contributed by atoms with Crippen LogP contribution in [0.15, 0.2) is 0 Å². The molecule has 0 aromatic rings. The van der Waals surface area contributed by atoms with Crippen molar-refractivity contribution in [3.63, 3.8) is 0 Å². The average molecular weight is 242 g/mol. The minimum atomic E-state index is -0.282. The van der Waals surface area contributed by atoms with Crippen LogP contribution < -0.4 is 5.32 Å². The molecule has 3 atom stereocenters. The van der Waals surface area contributed by atoms with Crippen molar-refractivity contribution in [1.82, 2.24) is 10.2 Å². The Morgan fingerprint density at radius 3 is 2.75 bits per heavy atom. The van der Waals surface area contributed by atoms with Crippen LogP contribution in [0.4, 0.5) is 4.79 Å². The smallest absolute Gasteiger partial charge is 0.325 e. The van der Waals surface area contributed by atoms with Crippen molar-refractivity contribution in [2.75, 3.05) is 11.5 Å². The van der Waals surface area contributed by atoms with E-state index < -0.39 is 0 Å². The summed E-state index contributed by atoms with van der Waals surface area (Å²) in [6.45, 7) is 4.13. The predicted molar refractivity (Wildman–Crippen MR) is 64.4 cm³/mol. The van der Waals surface area contributed by atoms with Gasteiger partial charge in [0.15, 0.2) is 0 Å². The van der Waals surface area contributed by atoms with Gasteiger partial charge in [-0.05, 0) is 18.1 Å². The normalized spacial score (nSPS) is 34.6. The van der Waals surface area contributed by atoms with Gasteiger partial charge in [-0.3, -0.25) is 9.69 Å². The number of urea groups is 1. The second kappa shape index (κ2) is 4.65. The highest BCUT2D eigenvalue weighted by atomic mass is 32.2. The lowest BCUT2D eigenvalue weighted by molar-refractivity contribution is -0.129. The Balaban J connectivity index is 2.10. The van der Waals surface area contributed by atoms with Crippen LogP contribution in [0.1, 0.15) is 26.7 Å². The summed E-state index contributed by atoms with van der Waals surface area (Å²) >= 11 is 1.82. The van der Waals surface area contributed by atoms with Crippen molar-refractivity contribution in [3.05, 3.63) is 0 Å². The molecule has 2 saturated heterocycles. The van der Waals surface area contributed by atoms with Crippen molar-refractivity contribution in [2.45, 2.75) is 38.8 Å². The quantitative estimate of drug-likeness (QED) is 0.762. The number of hydrogen-bond acceptors (Lipinski definition) is 3. The fraction of sp³-hybridized carbons (Fsp3) is 0.818. The van der Waals surface area contributed by atoms with E-state index in [9.17, 15) is 9.59 Å². The van der Waals surface area contributed by atoms with Gasteiger partial charge in [0, 0.05) is 5.75 Å². The van der Waals surface area contributed by atoms with Crippen LogP contribution in [-0.4, -0.2) is 40.4 Å². The number of carbonyl (C=O) groups is 2. The molecule has 2 rings (SSSR count). The molecule has 16 heavy (non-hydrogen) atoms. The van der Waals surface area contributed by atoms with E-state index in [1.807, 2.05) is 18.7 Å². The van der Waals surface area contributed by atoms with Gasteiger partial charge in [-0.15, -0.1) is 0 Å².